The fourth-order valence-electron chi connectivity index (χ4n) is 13.2. The molecular formula is C69H63BN2OS. The Morgan fingerprint density at radius 2 is 0.973 bits per heavy atom. The van der Waals surface area contributed by atoms with Gasteiger partial charge in [-0.2, -0.15) is 0 Å². The van der Waals surface area contributed by atoms with Crippen molar-refractivity contribution in [2.24, 2.45) is 0 Å². The quantitative estimate of drug-likeness (QED) is 0.161. The Hall–Kier alpha value is -7.08. The van der Waals surface area contributed by atoms with E-state index in [-0.39, 0.29) is 28.4 Å². The van der Waals surface area contributed by atoms with Gasteiger partial charge in [0.2, 0.25) is 0 Å². The number of hydrogen-bond donors (Lipinski definition) is 0. The molecule has 4 heterocycles. The van der Waals surface area contributed by atoms with Crippen LogP contribution in [0.2, 0.25) is 0 Å². The minimum atomic E-state index is -0.611. The van der Waals surface area contributed by atoms with Crippen molar-refractivity contribution in [3.8, 4) is 22.3 Å². The van der Waals surface area contributed by atoms with Crippen molar-refractivity contribution >= 4 is 88.9 Å². The number of thiophene rings is 1. The molecule has 0 N–H and O–H groups in total. The zero-order valence-corrected chi connectivity index (χ0v) is 45.7. The third kappa shape index (κ3) is 6.20. The van der Waals surface area contributed by atoms with Crippen LogP contribution in [0.3, 0.4) is 0 Å². The molecule has 1 atom stereocenters. The van der Waals surface area contributed by atoms with Crippen LogP contribution in [0.4, 0.5) is 34.1 Å². The van der Waals surface area contributed by atoms with Crippen LogP contribution < -0.4 is 25.5 Å². The first-order valence-corrected chi connectivity index (χ1v) is 27.5. The molecule has 2 aromatic heterocycles. The lowest BCUT2D eigenvalue weighted by atomic mass is 9.36. The van der Waals surface area contributed by atoms with Crippen molar-refractivity contribution in [2.45, 2.75) is 110 Å². The van der Waals surface area contributed by atoms with Crippen LogP contribution in [0, 0.1) is 0 Å². The van der Waals surface area contributed by atoms with Gasteiger partial charge in [0.05, 0.1) is 5.69 Å². The smallest absolute Gasteiger partial charge is 0.264 e. The van der Waals surface area contributed by atoms with E-state index in [0.717, 1.165) is 11.3 Å². The van der Waals surface area contributed by atoms with E-state index in [4.69, 9.17) is 4.42 Å². The Morgan fingerprint density at radius 3 is 1.61 bits per heavy atom. The molecule has 5 heteroatoms. The number of para-hydroxylation sites is 1. The van der Waals surface area contributed by atoms with Crippen molar-refractivity contribution in [2.75, 3.05) is 9.80 Å². The van der Waals surface area contributed by atoms with Gasteiger partial charge in [0.1, 0.15) is 16.8 Å². The fraction of sp³-hybridized carbons (Fsp3) is 0.246. The molecule has 364 valence electrons. The second kappa shape index (κ2) is 15.0. The van der Waals surface area contributed by atoms with E-state index in [9.17, 15) is 0 Å². The highest BCUT2D eigenvalue weighted by Crippen LogP contribution is 2.65. The molecule has 0 fully saturated rings. The summed E-state index contributed by atoms with van der Waals surface area (Å²) < 4.78 is 9.89. The zero-order valence-electron chi connectivity index (χ0n) is 44.9. The molecule has 2 aliphatic heterocycles. The third-order valence-electron chi connectivity index (χ3n) is 17.1. The summed E-state index contributed by atoms with van der Waals surface area (Å²) in [5, 5.41) is 2.46. The molecule has 0 bridgehead atoms. The maximum absolute atomic E-state index is 7.21. The molecule has 0 saturated heterocycles. The van der Waals surface area contributed by atoms with Crippen molar-refractivity contribution in [3.05, 3.63) is 208 Å². The van der Waals surface area contributed by atoms with E-state index in [1.165, 1.54) is 126 Å². The van der Waals surface area contributed by atoms with Crippen LogP contribution in [0.25, 0.3) is 43.3 Å². The second-order valence-corrected chi connectivity index (χ2v) is 26.8. The highest BCUT2D eigenvalue weighted by atomic mass is 32.1. The minimum absolute atomic E-state index is 0.00842. The van der Waals surface area contributed by atoms with Gasteiger partial charge >= 0.3 is 0 Å². The van der Waals surface area contributed by atoms with E-state index in [1.54, 1.807) is 0 Å². The van der Waals surface area contributed by atoms with Gasteiger partial charge in [-0.15, -0.1) is 11.3 Å². The standard InChI is InChI=1S/C69H63BN2OS/c1-65(2,3)40-25-30-44(31-26-40)71-55-35-42(67(7,8)9)29-34-54(55)70-61-56(71)36-43(68(10,11)12)37-57(61)72(45-32-27-41(28-33-45)66(4,5)6)62-50-38-49-46-19-13-16-22-51(46)69(53(49)39-59(50)74-64(62)70)52-23-17-14-20-47(52)60-48-21-15-18-24-58(48)73-63(60)69/h13-39H,1-12H3. The minimum Gasteiger partial charge on any atom is -0.459 e. The van der Waals surface area contributed by atoms with E-state index in [1.807, 2.05) is 11.3 Å². The van der Waals surface area contributed by atoms with Crippen LogP contribution in [0.5, 0.6) is 0 Å². The first kappa shape index (κ1) is 45.5. The van der Waals surface area contributed by atoms with E-state index < -0.39 is 5.41 Å². The summed E-state index contributed by atoms with van der Waals surface area (Å²) in [6.07, 6.45) is 0. The predicted octanol–water partition coefficient (Wildman–Crippen LogP) is 17.3. The number of furan rings is 1. The van der Waals surface area contributed by atoms with Crippen LogP contribution in [0.1, 0.15) is 128 Å². The van der Waals surface area contributed by atoms with Gasteiger partial charge in [-0.1, -0.05) is 186 Å². The van der Waals surface area contributed by atoms with E-state index >= 15 is 0 Å². The number of anilines is 6. The first-order chi connectivity index (χ1) is 35.2. The van der Waals surface area contributed by atoms with Gasteiger partial charge in [0.15, 0.2) is 0 Å². The Bertz CT molecular complexity index is 4010. The average molecular weight is 979 g/mol. The lowest BCUT2D eigenvalue weighted by molar-refractivity contribution is 0.507. The fourth-order valence-corrected chi connectivity index (χ4v) is 14.5. The van der Waals surface area contributed by atoms with Crippen LogP contribution in [-0.4, -0.2) is 6.71 Å². The molecule has 3 nitrogen and oxygen atoms in total. The molecule has 10 aromatic rings. The summed E-state index contributed by atoms with van der Waals surface area (Å²) in [4.78, 5) is 5.27. The molecule has 4 aliphatic rings. The molecule has 2 aliphatic carbocycles. The normalized spacial score (nSPS) is 16.4. The number of fused-ring (bicyclic) bond motifs is 18. The SMILES string of the molecule is CC(C)(C)c1ccc(N2c3cc(C(C)(C)C)ccc3B3c4sc5cc6c(cc5c4N(c4ccc(C(C)(C)C)cc4)c4cc(C(C)(C)C)cc2c43)-c2ccccc2C62c3ccccc3-c3c2oc2ccccc32)cc1. The predicted molar refractivity (Wildman–Crippen MR) is 317 cm³/mol. The van der Waals surface area contributed by atoms with E-state index in [2.05, 4.69) is 257 Å². The van der Waals surface area contributed by atoms with Crippen molar-refractivity contribution < 1.29 is 4.42 Å². The van der Waals surface area contributed by atoms with Gasteiger partial charge in [-0.05, 0) is 149 Å². The Labute approximate surface area is 441 Å². The molecule has 0 radical (unpaired) electrons. The third-order valence-corrected chi connectivity index (χ3v) is 18.3. The molecule has 1 unspecified atom stereocenters. The van der Waals surface area contributed by atoms with Gasteiger partial charge in [0.25, 0.3) is 6.71 Å². The van der Waals surface area contributed by atoms with Gasteiger partial charge in [-0.25, -0.2) is 0 Å². The van der Waals surface area contributed by atoms with Crippen LogP contribution >= 0.6 is 11.3 Å². The Kier molecular flexibility index (Phi) is 9.25. The maximum atomic E-state index is 7.21. The van der Waals surface area contributed by atoms with Crippen molar-refractivity contribution in [3.63, 3.8) is 0 Å². The topological polar surface area (TPSA) is 19.6 Å². The molecule has 0 amide bonds. The Balaban J connectivity index is 1.10. The average Bonchev–Trinajstić information content (AvgIpc) is 4.12. The highest BCUT2D eigenvalue weighted by molar-refractivity contribution is 7.33. The summed E-state index contributed by atoms with van der Waals surface area (Å²) in [6.45, 7) is 28.0. The zero-order chi connectivity index (χ0) is 51.2. The second-order valence-electron chi connectivity index (χ2n) is 25.8. The van der Waals surface area contributed by atoms with Gasteiger partial charge in [0, 0.05) is 54.2 Å². The molecule has 1 spiro atoms. The Morgan fingerprint density at radius 1 is 0.446 bits per heavy atom. The highest BCUT2D eigenvalue weighted by Gasteiger charge is 2.56. The summed E-state index contributed by atoms with van der Waals surface area (Å²) in [5.74, 6) is 1.03. The molecular weight excluding hydrogens is 916 g/mol. The summed E-state index contributed by atoms with van der Waals surface area (Å²) in [7, 11) is 0. The van der Waals surface area contributed by atoms with Crippen LogP contribution in [-0.2, 0) is 27.1 Å². The summed E-state index contributed by atoms with van der Waals surface area (Å²) in [5.41, 5.74) is 24.5. The first-order valence-electron chi connectivity index (χ1n) is 26.7. The number of hydrogen-bond acceptors (Lipinski definition) is 4. The number of rotatable bonds is 2. The summed E-state index contributed by atoms with van der Waals surface area (Å²) in [6, 6.07) is 63.4. The van der Waals surface area contributed by atoms with Crippen molar-refractivity contribution in [1.29, 1.82) is 0 Å². The monoisotopic (exact) mass is 978 g/mol. The van der Waals surface area contributed by atoms with Gasteiger partial charge in [-0.3, -0.25) is 0 Å². The summed E-state index contributed by atoms with van der Waals surface area (Å²) >= 11 is 1.99. The lowest BCUT2D eigenvalue weighted by Gasteiger charge is -2.44. The molecule has 74 heavy (non-hydrogen) atoms. The largest absolute Gasteiger partial charge is 0.459 e. The lowest BCUT2D eigenvalue weighted by Crippen LogP contribution is -2.60. The van der Waals surface area contributed by atoms with Crippen molar-refractivity contribution in [1.82, 2.24) is 0 Å². The maximum Gasteiger partial charge on any atom is 0.264 e. The molecule has 8 aromatic carbocycles. The number of nitrogens with zero attached hydrogens (tertiary/aromatic N) is 2. The molecule has 14 rings (SSSR count). The molecule has 0 saturated carbocycles. The van der Waals surface area contributed by atoms with Gasteiger partial charge < -0.3 is 14.2 Å². The van der Waals surface area contributed by atoms with Crippen LogP contribution in [0.15, 0.2) is 168 Å². The van der Waals surface area contributed by atoms with E-state index in [0.29, 0.717) is 0 Å². The number of benzene rings is 8.